The van der Waals surface area contributed by atoms with Crippen LogP contribution in [0.25, 0.3) is 28.1 Å². The first kappa shape index (κ1) is 16.3. The van der Waals surface area contributed by atoms with Crippen molar-refractivity contribution < 1.29 is 4.39 Å². The van der Waals surface area contributed by atoms with E-state index in [9.17, 15) is 4.39 Å². The van der Waals surface area contributed by atoms with Crippen LogP contribution >= 0.6 is 0 Å². The Hall–Kier alpha value is -3.88. The Labute approximate surface area is 158 Å². The van der Waals surface area contributed by atoms with Crippen molar-refractivity contribution in [3.63, 3.8) is 0 Å². The fourth-order valence-corrected chi connectivity index (χ4v) is 3.38. The number of nitrogens with two attached hydrogens (primary N) is 1. The molecule has 2 N–H and O–H groups in total. The van der Waals surface area contributed by atoms with E-state index in [-0.39, 0.29) is 11.9 Å². The molecule has 0 spiro atoms. The lowest BCUT2D eigenvalue weighted by molar-refractivity contribution is 0.607. The SMILES string of the molecule is CC(c1nn(-c2cccnc2)c2ccc(F)cc12)n1cnc2ncnc-2c1N. The molecule has 2 aromatic heterocycles. The second kappa shape index (κ2) is 6.08. The summed E-state index contributed by atoms with van der Waals surface area (Å²) in [7, 11) is 0. The third-order valence-electron chi connectivity index (χ3n) is 4.78. The molecule has 9 heteroatoms. The molecule has 0 radical (unpaired) electrons. The van der Waals surface area contributed by atoms with Crippen LogP contribution in [0.3, 0.4) is 0 Å². The Morgan fingerprint density at radius 2 is 2.04 bits per heavy atom. The van der Waals surface area contributed by atoms with E-state index < -0.39 is 0 Å². The van der Waals surface area contributed by atoms with Crippen molar-refractivity contribution in [2.75, 3.05) is 5.73 Å². The number of fused-ring (bicyclic) bond motifs is 2. The van der Waals surface area contributed by atoms with E-state index in [0.717, 1.165) is 11.2 Å². The van der Waals surface area contributed by atoms with Gasteiger partial charge in [0, 0.05) is 11.6 Å². The second-order valence-corrected chi connectivity index (χ2v) is 6.43. The molecule has 0 bridgehead atoms. The summed E-state index contributed by atoms with van der Waals surface area (Å²) in [6.07, 6.45) is 6.42. The van der Waals surface area contributed by atoms with Crippen molar-refractivity contribution in [3.8, 4) is 17.2 Å². The summed E-state index contributed by atoms with van der Waals surface area (Å²) in [5, 5.41) is 5.45. The lowest BCUT2D eigenvalue weighted by Gasteiger charge is -2.18. The molecule has 0 saturated heterocycles. The average molecular weight is 374 g/mol. The van der Waals surface area contributed by atoms with Crippen molar-refractivity contribution in [1.82, 2.24) is 34.3 Å². The van der Waals surface area contributed by atoms with E-state index in [1.165, 1.54) is 18.5 Å². The molecule has 0 aliphatic carbocycles. The number of nitrogens with zero attached hydrogens (tertiary/aromatic N) is 7. The third kappa shape index (κ3) is 2.40. The fraction of sp³-hybridized carbons (Fsp3) is 0.105. The van der Waals surface area contributed by atoms with Gasteiger partial charge in [-0.05, 0) is 37.3 Å². The Morgan fingerprint density at radius 3 is 2.86 bits per heavy atom. The van der Waals surface area contributed by atoms with Gasteiger partial charge in [0.1, 0.15) is 23.7 Å². The maximum absolute atomic E-state index is 14.0. The number of rotatable bonds is 3. The molecular formula is C19H15FN8. The molecule has 2 aliphatic rings. The van der Waals surface area contributed by atoms with Gasteiger partial charge in [0.05, 0.1) is 35.5 Å². The summed E-state index contributed by atoms with van der Waals surface area (Å²) in [5.41, 5.74) is 9.04. The Morgan fingerprint density at radius 1 is 1.14 bits per heavy atom. The molecule has 0 fully saturated rings. The molecule has 4 heterocycles. The highest BCUT2D eigenvalue weighted by molar-refractivity contribution is 5.84. The standard InChI is InChI=1S/C19H15FN8/c1-11(27-10-25-19-17(18(27)21)23-9-24-19)16-14-7-12(20)4-5-15(14)28(26-16)13-3-2-6-22-8-13/h2-11H,21H2,1H3. The van der Waals surface area contributed by atoms with Crippen LogP contribution in [-0.4, -0.2) is 34.3 Å². The highest BCUT2D eigenvalue weighted by Crippen LogP contribution is 2.32. The van der Waals surface area contributed by atoms with Crippen LogP contribution in [0.15, 0.2) is 55.4 Å². The predicted molar refractivity (Wildman–Crippen MR) is 101 cm³/mol. The lowest BCUT2D eigenvalue weighted by atomic mass is 10.1. The fourth-order valence-electron chi connectivity index (χ4n) is 3.38. The topological polar surface area (TPSA) is 100 Å². The zero-order valence-electron chi connectivity index (χ0n) is 14.9. The first-order valence-electron chi connectivity index (χ1n) is 8.65. The van der Waals surface area contributed by atoms with Crippen molar-refractivity contribution >= 4 is 16.7 Å². The molecule has 1 unspecified atom stereocenters. The first-order chi connectivity index (χ1) is 13.6. The Balaban J connectivity index is 1.73. The number of aromatic nitrogens is 7. The van der Waals surface area contributed by atoms with Crippen LogP contribution in [0, 0.1) is 5.82 Å². The monoisotopic (exact) mass is 374 g/mol. The Kier molecular flexibility index (Phi) is 3.54. The molecule has 28 heavy (non-hydrogen) atoms. The van der Waals surface area contributed by atoms with Crippen molar-refractivity contribution in [2.24, 2.45) is 0 Å². The van der Waals surface area contributed by atoms with Crippen LogP contribution in [-0.2, 0) is 0 Å². The van der Waals surface area contributed by atoms with E-state index in [1.807, 2.05) is 19.1 Å². The van der Waals surface area contributed by atoms with Gasteiger partial charge in [-0.2, -0.15) is 5.10 Å². The normalized spacial score (nSPS) is 12.6. The number of anilines is 1. The summed E-state index contributed by atoms with van der Waals surface area (Å²) >= 11 is 0. The first-order valence-corrected chi connectivity index (χ1v) is 8.65. The van der Waals surface area contributed by atoms with Crippen molar-refractivity contribution in [1.29, 1.82) is 0 Å². The quantitative estimate of drug-likeness (QED) is 0.521. The summed E-state index contributed by atoms with van der Waals surface area (Å²) in [4.78, 5) is 16.7. The highest BCUT2D eigenvalue weighted by atomic mass is 19.1. The smallest absolute Gasteiger partial charge is 0.184 e. The number of halogens is 1. The van der Waals surface area contributed by atoms with Gasteiger partial charge in [-0.1, -0.05) is 0 Å². The summed E-state index contributed by atoms with van der Waals surface area (Å²) in [5.74, 6) is 0.577. The minimum atomic E-state index is -0.333. The maximum atomic E-state index is 14.0. The van der Waals surface area contributed by atoms with E-state index >= 15 is 0 Å². The molecule has 3 aromatic rings. The molecule has 0 saturated carbocycles. The van der Waals surface area contributed by atoms with E-state index in [4.69, 9.17) is 10.8 Å². The molecule has 8 nitrogen and oxygen atoms in total. The zero-order valence-corrected chi connectivity index (χ0v) is 14.9. The summed E-state index contributed by atoms with van der Waals surface area (Å²) in [6, 6.07) is 8.02. The van der Waals surface area contributed by atoms with Crippen LogP contribution < -0.4 is 5.73 Å². The van der Waals surface area contributed by atoms with Crippen molar-refractivity contribution in [2.45, 2.75) is 13.0 Å². The molecule has 0 amide bonds. The van der Waals surface area contributed by atoms with E-state index in [2.05, 4.69) is 19.9 Å². The van der Waals surface area contributed by atoms with Gasteiger partial charge in [-0.15, -0.1) is 0 Å². The van der Waals surface area contributed by atoms with Gasteiger partial charge in [-0.25, -0.2) is 24.0 Å². The predicted octanol–water partition coefficient (Wildman–Crippen LogP) is 2.84. The minimum absolute atomic E-state index is 0.309. The van der Waals surface area contributed by atoms with Crippen LogP contribution in [0.1, 0.15) is 18.7 Å². The zero-order chi connectivity index (χ0) is 19.3. The van der Waals surface area contributed by atoms with Crippen LogP contribution in [0.5, 0.6) is 0 Å². The van der Waals surface area contributed by atoms with Gasteiger partial charge < -0.3 is 10.3 Å². The number of imidazole rings is 1. The van der Waals surface area contributed by atoms with Gasteiger partial charge in [0.25, 0.3) is 0 Å². The molecule has 2 aliphatic heterocycles. The van der Waals surface area contributed by atoms with Gasteiger partial charge in [0.2, 0.25) is 0 Å². The minimum Gasteiger partial charge on any atom is -0.383 e. The highest BCUT2D eigenvalue weighted by Gasteiger charge is 2.23. The average Bonchev–Trinajstić information content (AvgIpc) is 3.33. The van der Waals surface area contributed by atoms with Gasteiger partial charge >= 0.3 is 0 Å². The second-order valence-electron chi connectivity index (χ2n) is 6.43. The van der Waals surface area contributed by atoms with Crippen LogP contribution in [0.2, 0.25) is 0 Å². The van der Waals surface area contributed by atoms with Crippen molar-refractivity contribution in [3.05, 3.63) is 66.9 Å². The molecule has 5 rings (SSSR count). The summed E-state index contributed by atoms with van der Waals surface area (Å²) in [6.45, 7) is 1.93. The molecule has 1 atom stereocenters. The van der Waals surface area contributed by atoms with Gasteiger partial charge in [0.15, 0.2) is 5.82 Å². The van der Waals surface area contributed by atoms with E-state index in [1.54, 1.807) is 34.0 Å². The lowest BCUT2D eigenvalue weighted by Crippen LogP contribution is -2.15. The van der Waals surface area contributed by atoms with E-state index in [0.29, 0.717) is 28.4 Å². The van der Waals surface area contributed by atoms with Gasteiger partial charge in [-0.3, -0.25) is 4.98 Å². The number of hydrogen-bond donors (Lipinski definition) is 1. The number of nitrogen functional groups attached to an aromatic ring is 1. The summed E-state index contributed by atoms with van der Waals surface area (Å²) < 4.78 is 17.5. The molecule has 1 aromatic carbocycles. The number of benzene rings is 1. The number of hydrogen-bond acceptors (Lipinski definition) is 6. The number of pyridine rings is 1. The third-order valence-corrected chi connectivity index (χ3v) is 4.78. The molecule has 138 valence electrons. The molecular weight excluding hydrogens is 359 g/mol. The maximum Gasteiger partial charge on any atom is 0.184 e. The van der Waals surface area contributed by atoms with Crippen LogP contribution in [0.4, 0.5) is 10.2 Å². The largest absolute Gasteiger partial charge is 0.383 e. The Bertz CT molecular complexity index is 1260.